The summed E-state index contributed by atoms with van der Waals surface area (Å²) < 4.78 is 6.99. The van der Waals surface area contributed by atoms with E-state index in [2.05, 4.69) is 22.5 Å². The van der Waals surface area contributed by atoms with E-state index < -0.39 is 24.0 Å². The Morgan fingerprint density at radius 2 is 1.71 bits per heavy atom. The SMILES string of the molecule is CCN(C(=O)c1cn(C)nc1NC(=O)OCC1c2ccccc2-c2ccccc21)C(C)CC(=O)O. The normalized spacial score (nSPS) is 13.0. The second kappa shape index (κ2) is 10.0. The van der Waals surface area contributed by atoms with Crippen LogP contribution in [0.5, 0.6) is 0 Å². The number of nitrogens with zero attached hydrogens (tertiary/aromatic N) is 3. The smallest absolute Gasteiger partial charge is 0.412 e. The van der Waals surface area contributed by atoms with Gasteiger partial charge in [-0.25, -0.2) is 4.79 Å². The monoisotopic (exact) mass is 476 g/mol. The minimum Gasteiger partial charge on any atom is -0.481 e. The van der Waals surface area contributed by atoms with Crippen molar-refractivity contribution in [3.05, 3.63) is 71.4 Å². The largest absolute Gasteiger partial charge is 0.481 e. The number of amides is 2. The molecule has 3 aromatic rings. The summed E-state index contributed by atoms with van der Waals surface area (Å²) in [7, 11) is 1.64. The van der Waals surface area contributed by atoms with Crippen molar-refractivity contribution < 1.29 is 24.2 Å². The van der Waals surface area contributed by atoms with Crippen molar-refractivity contribution in [1.82, 2.24) is 14.7 Å². The van der Waals surface area contributed by atoms with Crippen molar-refractivity contribution in [1.29, 1.82) is 0 Å². The Morgan fingerprint density at radius 1 is 1.11 bits per heavy atom. The maximum atomic E-state index is 13.1. The molecule has 0 bridgehead atoms. The maximum Gasteiger partial charge on any atom is 0.412 e. The molecule has 0 aliphatic heterocycles. The summed E-state index contributed by atoms with van der Waals surface area (Å²) in [6, 6.07) is 15.6. The Hall–Kier alpha value is -4.14. The summed E-state index contributed by atoms with van der Waals surface area (Å²) >= 11 is 0. The van der Waals surface area contributed by atoms with Crippen LogP contribution in [-0.2, 0) is 16.6 Å². The Labute approximate surface area is 203 Å². The number of hydrogen-bond acceptors (Lipinski definition) is 5. The number of ether oxygens (including phenoxy) is 1. The number of aromatic nitrogens is 2. The van der Waals surface area contributed by atoms with Crippen molar-refractivity contribution in [3.8, 4) is 11.1 Å². The van der Waals surface area contributed by atoms with Gasteiger partial charge in [-0.15, -0.1) is 0 Å². The van der Waals surface area contributed by atoms with Crippen LogP contribution in [0.3, 0.4) is 0 Å². The fraction of sp³-hybridized carbons (Fsp3) is 0.308. The van der Waals surface area contributed by atoms with Crippen molar-refractivity contribution in [2.45, 2.75) is 32.2 Å². The Balaban J connectivity index is 1.47. The van der Waals surface area contributed by atoms with E-state index in [1.165, 1.54) is 15.8 Å². The van der Waals surface area contributed by atoms with Crippen molar-refractivity contribution in [2.24, 2.45) is 7.05 Å². The molecule has 9 nitrogen and oxygen atoms in total. The lowest BCUT2D eigenvalue weighted by molar-refractivity contribution is -0.138. The predicted octanol–water partition coefficient (Wildman–Crippen LogP) is 4.11. The summed E-state index contributed by atoms with van der Waals surface area (Å²) in [5.41, 5.74) is 4.62. The molecule has 9 heteroatoms. The zero-order valence-electron chi connectivity index (χ0n) is 19.9. The number of anilines is 1. The van der Waals surface area contributed by atoms with Crippen LogP contribution in [0.2, 0.25) is 0 Å². The molecule has 4 rings (SSSR count). The summed E-state index contributed by atoms with van der Waals surface area (Å²) in [6.45, 7) is 3.88. The fourth-order valence-corrected chi connectivity index (χ4v) is 4.64. The highest BCUT2D eigenvalue weighted by Gasteiger charge is 2.30. The quantitative estimate of drug-likeness (QED) is 0.506. The third-order valence-corrected chi connectivity index (χ3v) is 6.23. The summed E-state index contributed by atoms with van der Waals surface area (Å²) in [4.78, 5) is 38.4. The lowest BCUT2D eigenvalue weighted by Gasteiger charge is -2.26. The molecule has 1 atom stereocenters. The molecule has 182 valence electrons. The van der Waals surface area contributed by atoms with Crippen molar-refractivity contribution >= 4 is 23.8 Å². The van der Waals surface area contributed by atoms with Crippen molar-refractivity contribution in [2.75, 3.05) is 18.5 Å². The topological polar surface area (TPSA) is 114 Å². The lowest BCUT2D eigenvalue weighted by atomic mass is 9.98. The van der Waals surface area contributed by atoms with E-state index in [1.807, 2.05) is 36.4 Å². The molecule has 1 aliphatic rings. The molecule has 0 radical (unpaired) electrons. The van der Waals surface area contributed by atoms with Gasteiger partial charge in [0.25, 0.3) is 5.91 Å². The Kier molecular flexibility index (Phi) is 6.86. The van der Waals surface area contributed by atoms with Crippen LogP contribution in [0.1, 0.15) is 47.7 Å². The van der Waals surface area contributed by atoms with E-state index in [0.717, 1.165) is 22.3 Å². The van der Waals surface area contributed by atoms with E-state index in [1.54, 1.807) is 20.9 Å². The first-order chi connectivity index (χ1) is 16.8. The van der Waals surface area contributed by atoms with E-state index in [4.69, 9.17) is 9.84 Å². The van der Waals surface area contributed by atoms with Crippen LogP contribution in [0.15, 0.2) is 54.7 Å². The average molecular weight is 477 g/mol. The molecule has 1 aromatic heterocycles. The van der Waals surface area contributed by atoms with E-state index >= 15 is 0 Å². The Bertz CT molecular complexity index is 1220. The van der Waals surface area contributed by atoms with Gasteiger partial charge in [0.05, 0.1) is 6.42 Å². The molecule has 2 aromatic carbocycles. The summed E-state index contributed by atoms with van der Waals surface area (Å²) in [6.07, 6.45) is 0.591. The molecule has 0 fully saturated rings. The molecule has 1 aliphatic carbocycles. The van der Waals surface area contributed by atoms with Gasteiger partial charge in [-0.1, -0.05) is 48.5 Å². The molecule has 0 saturated carbocycles. The van der Waals surface area contributed by atoms with Gasteiger partial charge in [-0.3, -0.25) is 19.6 Å². The van der Waals surface area contributed by atoms with Crippen LogP contribution in [0.4, 0.5) is 10.6 Å². The number of fused-ring (bicyclic) bond motifs is 3. The Morgan fingerprint density at radius 3 is 2.29 bits per heavy atom. The number of benzene rings is 2. The number of hydrogen-bond donors (Lipinski definition) is 2. The zero-order valence-corrected chi connectivity index (χ0v) is 19.9. The lowest BCUT2D eigenvalue weighted by Crippen LogP contribution is -2.40. The second-order valence-corrected chi connectivity index (χ2v) is 8.55. The van der Waals surface area contributed by atoms with Gasteiger partial charge in [0, 0.05) is 31.7 Å². The average Bonchev–Trinajstić information content (AvgIpc) is 3.35. The number of aliphatic carboxylic acids is 1. The highest BCUT2D eigenvalue weighted by molar-refractivity contribution is 6.01. The molecule has 1 heterocycles. The summed E-state index contributed by atoms with van der Waals surface area (Å²) in [5, 5.41) is 15.9. The van der Waals surface area contributed by atoms with Gasteiger partial charge in [-0.2, -0.15) is 5.10 Å². The molecule has 2 amide bonds. The molecule has 35 heavy (non-hydrogen) atoms. The highest BCUT2D eigenvalue weighted by Crippen LogP contribution is 2.44. The van der Waals surface area contributed by atoms with E-state index in [9.17, 15) is 14.4 Å². The van der Waals surface area contributed by atoms with Gasteiger partial charge in [-0.05, 0) is 36.1 Å². The minimum atomic E-state index is -0.994. The second-order valence-electron chi connectivity index (χ2n) is 8.55. The molecule has 0 saturated heterocycles. The first-order valence-corrected chi connectivity index (χ1v) is 11.5. The first kappa shape index (κ1) is 24.0. The zero-order chi connectivity index (χ0) is 25.1. The third-order valence-electron chi connectivity index (χ3n) is 6.23. The molecule has 2 N–H and O–H groups in total. The van der Waals surface area contributed by atoms with Crippen LogP contribution in [0.25, 0.3) is 11.1 Å². The molecular formula is C26H28N4O5. The number of carboxylic acids is 1. The van der Waals surface area contributed by atoms with E-state index in [0.29, 0.717) is 6.54 Å². The number of carboxylic acid groups (broad SMARTS) is 1. The molecular weight excluding hydrogens is 448 g/mol. The number of carbonyl (C=O) groups excluding carboxylic acids is 2. The van der Waals surface area contributed by atoms with Crippen LogP contribution < -0.4 is 5.32 Å². The molecule has 0 spiro atoms. The molecule has 1 unspecified atom stereocenters. The predicted molar refractivity (Wildman–Crippen MR) is 130 cm³/mol. The van der Waals surface area contributed by atoms with Gasteiger partial charge in [0.1, 0.15) is 12.2 Å². The highest BCUT2D eigenvalue weighted by atomic mass is 16.5. The van der Waals surface area contributed by atoms with Gasteiger partial charge >= 0.3 is 12.1 Å². The number of carbonyl (C=O) groups is 3. The van der Waals surface area contributed by atoms with Crippen LogP contribution >= 0.6 is 0 Å². The van der Waals surface area contributed by atoms with Gasteiger partial charge in [0.15, 0.2) is 5.82 Å². The maximum absolute atomic E-state index is 13.1. The van der Waals surface area contributed by atoms with E-state index in [-0.39, 0.29) is 30.3 Å². The van der Waals surface area contributed by atoms with Gasteiger partial charge in [0.2, 0.25) is 0 Å². The fourth-order valence-electron chi connectivity index (χ4n) is 4.64. The standard InChI is InChI=1S/C26H28N4O5/c1-4-30(16(2)13-23(31)32)25(33)21-14-29(3)28-24(21)27-26(34)35-15-22-19-11-7-5-9-17(19)18-10-6-8-12-20(18)22/h5-12,14,16,22H,4,13,15H2,1-3H3,(H,31,32)(H,27,28,34). The first-order valence-electron chi connectivity index (χ1n) is 11.5. The van der Waals surface area contributed by atoms with Gasteiger partial charge < -0.3 is 14.7 Å². The summed E-state index contributed by atoms with van der Waals surface area (Å²) in [5.74, 6) is -1.43. The number of rotatable bonds is 8. The van der Waals surface area contributed by atoms with Crippen molar-refractivity contribution in [3.63, 3.8) is 0 Å². The minimum absolute atomic E-state index is 0.0655. The van der Waals surface area contributed by atoms with Crippen LogP contribution in [0, 0.1) is 0 Å². The third kappa shape index (κ3) is 4.89. The number of nitrogens with one attached hydrogen (secondary N) is 1. The number of aryl methyl sites for hydroxylation is 1. The van der Waals surface area contributed by atoms with Crippen LogP contribution in [-0.4, -0.2) is 57.0 Å².